The molecule has 1 aromatic carbocycles. The highest BCUT2D eigenvalue weighted by Crippen LogP contribution is 2.24. The number of hydrogen-bond acceptors (Lipinski definition) is 3. The van der Waals surface area contributed by atoms with Gasteiger partial charge in [-0.15, -0.1) is 0 Å². The normalized spacial score (nSPS) is 10.8. The van der Waals surface area contributed by atoms with Crippen molar-refractivity contribution in [1.29, 1.82) is 5.26 Å². The summed E-state index contributed by atoms with van der Waals surface area (Å²) in [6.07, 6.45) is 0.260. The first kappa shape index (κ1) is 14.7. The van der Waals surface area contributed by atoms with Crippen molar-refractivity contribution < 1.29 is 9.53 Å². The summed E-state index contributed by atoms with van der Waals surface area (Å²) >= 11 is 3.32. The van der Waals surface area contributed by atoms with Gasteiger partial charge in [-0.2, -0.15) is 5.26 Å². The van der Waals surface area contributed by atoms with Gasteiger partial charge in [0.05, 0.1) is 29.3 Å². The Bertz CT molecular complexity index is 492. The number of hydrogen-bond donors (Lipinski definition) is 1. The Morgan fingerprint density at radius 1 is 1.56 bits per heavy atom. The van der Waals surface area contributed by atoms with Crippen LogP contribution in [0, 0.1) is 11.3 Å². The van der Waals surface area contributed by atoms with Crippen molar-refractivity contribution in [3.63, 3.8) is 0 Å². The van der Waals surface area contributed by atoms with E-state index in [1.165, 1.54) is 0 Å². The Kier molecular flexibility index (Phi) is 4.88. The molecule has 0 atom stereocenters. The maximum Gasteiger partial charge on any atom is 0.227 e. The first-order chi connectivity index (χ1) is 8.38. The minimum Gasteiger partial charge on any atom is -0.378 e. The number of ether oxygens (including phenoxy) is 1. The smallest absolute Gasteiger partial charge is 0.227 e. The van der Waals surface area contributed by atoms with E-state index >= 15 is 0 Å². The van der Waals surface area contributed by atoms with E-state index in [1.807, 2.05) is 19.9 Å². The third kappa shape index (κ3) is 4.13. The molecule has 4 nitrogen and oxygen atoms in total. The topological polar surface area (TPSA) is 62.1 Å². The number of amides is 1. The highest BCUT2D eigenvalue weighted by atomic mass is 79.9. The molecule has 5 heteroatoms. The third-order valence-corrected chi connectivity index (χ3v) is 3.17. The van der Waals surface area contributed by atoms with E-state index in [0.29, 0.717) is 15.7 Å². The number of nitrogens with one attached hydrogen (secondary N) is 1. The molecule has 0 aliphatic heterocycles. The van der Waals surface area contributed by atoms with Gasteiger partial charge in [0.1, 0.15) is 0 Å². The van der Waals surface area contributed by atoms with E-state index in [-0.39, 0.29) is 12.3 Å². The van der Waals surface area contributed by atoms with Crippen LogP contribution in [-0.4, -0.2) is 18.6 Å². The Morgan fingerprint density at radius 2 is 2.22 bits per heavy atom. The van der Waals surface area contributed by atoms with Gasteiger partial charge in [-0.25, -0.2) is 0 Å². The summed E-state index contributed by atoms with van der Waals surface area (Å²) < 4.78 is 5.88. The molecule has 0 radical (unpaired) electrons. The van der Waals surface area contributed by atoms with Crippen molar-refractivity contribution in [2.24, 2.45) is 0 Å². The van der Waals surface area contributed by atoms with Crippen LogP contribution < -0.4 is 5.32 Å². The van der Waals surface area contributed by atoms with Crippen molar-refractivity contribution in [1.82, 2.24) is 0 Å². The first-order valence-corrected chi connectivity index (χ1v) is 6.22. The molecule has 0 aromatic heterocycles. The third-order valence-electron chi connectivity index (χ3n) is 2.51. The summed E-state index contributed by atoms with van der Waals surface area (Å²) in [4.78, 5) is 11.8. The minimum absolute atomic E-state index is 0.132. The summed E-state index contributed by atoms with van der Waals surface area (Å²) in [5.41, 5.74) is 0.686. The number of halogens is 1. The second-order valence-electron chi connectivity index (χ2n) is 4.50. The van der Waals surface area contributed by atoms with Crippen molar-refractivity contribution in [3.05, 3.63) is 28.2 Å². The van der Waals surface area contributed by atoms with Crippen molar-refractivity contribution in [2.45, 2.75) is 25.9 Å². The monoisotopic (exact) mass is 310 g/mol. The zero-order chi connectivity index (χ0) is 13.8. The van der Waals surface area contributed by atoms with E-state index in [9.17, 15) is 4.79 Å². The lowest BCUT2D eigenvalue weighted by Crippen LogP contribution is -2.29. The van der Waals surface area contributed by atoms with Gasteiger partial charge in [0.2, 0.25) is 5.91 Å². The van der Waals surface area contributed by atoms with E-state index in [2.05, 4.69) is 21.2 Å². The van der Waals surface area contributed by atoms with Crippen molar-refractivity contribution >= 4 is 27.5 Å². The number of benzene rings is 1. The maximum atomic E-state index is 11.8. The summed E-state index contributed by atoms with van der Waals surface area (Å²) in [6, 6.07) is 7.05. The molecule has 1 amide bonds. The summed E-state index contributed by atoms with van der Waals surface area (Å²) in [7, 11) is 1.57. The Labute approximate surface area is 115 Å². The van der Waals surface area contributed by atoms with Crippen LogP contribution in [-0.2, 0) is 9.53 Å². The molecule has 0 heterocycles. The fourth-order valence-electron chi connectivity index (χ4n) is 1.34. The van der Waals surface area contributed by atoms with Crippen LogP contribution in [0.15, 0.2) is 22.7 Å². The van der Waals surface area contributed by atoms with Gasteiger partial charge in [-0.3, -0.25) is 4.79 Å². The van der Waals surface area contributed by atoms with Crippen LogP contribution in [0.3, 0.4) is 0 Å². The van der Waals surface area contributed by atoms with Crippen LogP contribution in [0.4, 0.5) is 5.69 Å². The molecule has 0 spiro atoms. The second kappa shape index (κ2) is 5.98. The van der Waals surface area contributed by atoms with Crippen molar-refractivity contribution in [2.75, 3.05) is 12.4 Å². The summed E-state index contributed by atoms with van der Waals surface area (Å²) in [6.45, 7) is 3.70. The van der Waals surface area contributed by atoms with Gasteiger partial charge in [0, 0.05) is 11.6 Å². The molecule has 0 fully saturated rings. The second-order valence-corrected chi connectivity index (χ2v) is 5.35. The average Bonchev–Trinajstić information content (AvgIpc) is 2.31. The lowest BCUT2D eigenvalue weighted by Gasteiger charge is -2.22. The van der Waals surface area contributed by atoms with E-state index in [1.54, 1.807) is 25.3 Å². The molecule has 0 bridgehead atoms. The SMILES string of the molecule is COC(C)(C)CC(=O)Nc1ccc(C#N)cc1Br. The molecule has 0 saturated carbocycles. The molecule has 1 aromatic rings. The molecule has 96 valence electrons. The van der Waals surface area contributed by atoms with Crippen LogP contribution in [0.1, 0.15) is 25.8 Å². The van der Waals surface area contributed by atoms with Gasteiger partial charge in [0.15, 0.2) is 0 Å². The molecule has 0 saturated heterocycles. The zero-order valence-corrected chi connectivity index (χ0v) is 12.2. The van der Waals surface area contributed by atoms with E-state index in [4.69, 9.17) is 10.00 Å². The molecular weight excluding hydrogens is 296 g/mol. The molecule has 1 rings (SSSR count). The molecule has 18 heavy (non-hydrogen) atoms. The predicted octanol–water partition coefficient (Wildman–Crippen LogP) is 3.07. The van der Waals surface area contributed by atoms with Gasteiger partial charge >= 0.3 is 0 Å². The standard InChI is InChI=1S/C13H15BrN2O2/c1-13(2,18-3)7-12(17)16-11-5-4-9(8-15)6-10(11)14/h4-6H,7H2,1-3H3,(H,16,17). The van der Waals surface area contributed by atoms with Gasteiger partial charge < -0.3 is 10.1 Å². The van der Waals surface area contributed by atoms with Crippen LogP contribution in [0.2, 0.25) is 0 Å². The fourth-order valence-corrected chi connectivity index (χ4v) is 1.82. The van der Waals surface area contributed by atoms with Crippen LogP contribution in [0.25, 0.3) is 0 Å². The predicted molar refractivity (Wildman–Crippen MR) is 73.2 cm³/mol. The maximum absolute atomic E-state index is 11.8. The van der Waals surface area contributed by atoms with Crippen molar-refractivity contribution in [3.8, 4) is 6.07 Å². The number of carbonyl (C=O) groups excluding carboxylic acids is 1. The Balaban J connectivity index is 2.74. The zero-order valence-electron chi connectivity index (χ0n) is 10.6. The highest BCUT2D eigenvalue weighted by Gasteiger charge is 2.21. The molecule has 1 N–H and O–H groups in total. The van der Waals surface area contributed by atoms with Crippen LogP contribution in [0.5, 0.6) is 0 Å². The van der Waals surface area contributed by atoms with Gasteiger partial charge in [-0.05, 0) is 48.0 Å². The van der Waals surface area contributed by atoms with Crippen LogP contribution >= 0.6 is 15.9 Å². The number of methoxy groups -OCH3 is 1. The number of rotatable bonds is 4. The molecule has 0 unspecified atom stereocenters. The fraction of sp³-hybridized carbons (Fsp3) is 0.385. The van der Waals surface area contributed by atoms with E-state index in [0.717, 1.165) is 0 Å². The Hall–Kier alpha value is -1.38. The highest BCUT2D eigenvalue weighted by molar-refractivity contribution is 9.10. The Morgan fingerprint density at radius 3 is 2.72 bits per heavy atom. The summed E-state index contributed by atoms with van der Waals surface area (Å²) in [5.74, 6) is -0.132. The molecule has 0 aliphatic carbocycles. The number of carbonyl (C=O) groups is 1. The summed E-state index contributed by atoms with van der Waals surface area (Å²) in [5, 5.41) is 11.5. The number of nitriles is 1. The van der Waals surface area contributed by atoms with Gasteiger partial charge in [-0.1, -0.05) is 0 Å². The lowest BCUT2D eigenvalue weighted by molar-refractivity contribution is -0.121. The van der Waals surface area contributed by atoms with E-state index < -0.39 is 5.60 Å². The number of nitrogens with zero attached hydrogens (tertiary/aromatic N) is 1. The first-order valence-electron chi connectivity index (χ1n) is 5.42. The minimum atomic E-state index is -0.497. The molecule has 0 aliphatic rings. The molecular formula is C13H15BrN2O2. The number of anilines is 1. The average molecular weight is 311 g/mol. The quantitative estimate of drug-likeness (QED) is 0.929. The largest absolute Gasteiger partial charge is 0.378 e. The van der Waals surface area contributed by atoms with Gasteiger partial charge in [0.25, 0.3) is 0 Å². The lowest BCUT2D eigenvalue weighted by atomic mass is 10.0.